The molecular formula is C32H24O. The van der Waals surface area contributed by atoms with Gasteiger partial charge in [-0.2, -0.15) is 0 Å². The molecule has 7 rings (SSSR count). The SMILES string of the molecule is C(=C1\c2ccccc2[C@@H]2[C@H]3c4ccccc4/C(=C\c4ccccc4)[C@@H]3O[C@@H]12)/c1ccccc1. The molecule has 0 unspecified atom stereocenters. The van der Waals surface area contributed by atoms with Crippen molar-refractivity contribution in [2.24, 2.45) is 0 Å². The molecule has 0 spiro atoms. The second-order valence-electron chi connectivity index (χ2n) is 9.22. The Hall–Kier alpha value is -3.68. The molecule has 3 aliphatic rings. The van der Waals surface area contributed by atoms with Crippen molar-refractivity contribution in [1.29, 1.82) is 0 Å². The summed E-state index contributed by atoms with van der Waals surface area (Å²) in [6.07, 6.45) is 4.81. The summed E-state index contributed by atoms with van der Waals surface area (Å²) < 4.78 is 7.01. The molecular weight excluding hydrogens is 400 g/mol. The Balaban J connectivity index is 1.40. The molecule has 4 aromatic rings. The van der Waals surface area contributed by atoms with Crippen LogP contribution in [0.2, 0.25) is 0 Å². The highest BCUT2D eigenvalue weighted by molar-refractivity contribution is 5.94. The highest BCUT2D eigenvalue weighted by Crippen LogP contribution is 2.62. The molecule has 33 heavy (non-hydrogen) atoms. The summed E-state index contributed by atoms with van der Waals surface area (Å²) in [4.78, 5) is 0. The fourth-order valence-electron chi connectivity index (χ4n) is 6.14. The van der Waals surface area contributed by atoms with Gasteiger partial charge in [0.15, 0.2) is 0 Å². The van der Waals surface area contributed by atoms with Crippen molar-refractivity contribution in [2.45, 2.75) is 24.0 Å². The lowest BCUT2D eigenvalue weighted by molar-refractivity contribution is 0.110. The number of rotatable bonds is 2. The van der Waals surface area contributed by atoms with Gasteiger partial charge in [-0.25, -0.2) is 0 Å². The van der Waals surface area contributed by atoms with Gasteiger partial charge in [-0.3, -0.25) is 0 Å². The van der Waals surface area contributed by atoms with E-state index in [1.165, 1.54) is 44.5 Å². The van der Waals surface area contributed by atoms with Gasteiger partial charge in [0.2, 0.25) is 0 Å². The predicted octanol–water partition coefficient (Wildman–Crippen LogP) is 7.43. The first-order valence-electron chi connectivity index (χ1n) is 11.8. The molecule has 0 N–H and O–H groups in total. The molecule has 1 aliphatic heterocycles. The van der Waals surface area contributed by atoms with E-state index < -0.39 is 0 Å². The maximum Gasteiger partial charge on any atom is 0.0915 e. The molecule has 0 amide bonds. The Morgan fingerprint density at radius 3 is 1.30 bits per heavy atom. The molecule has 1 saturated heterocycles. The Morgan fingerprint density at radius 1 is 0.455 bits per heavy atom. The lowest BCUT2D eigenvalue weighted by Crippen LogP contribution is -2.12. The average molecular weight is 425 g/mol. The van der Waals surface area contributed by atoms with Crippen LogP contribution in [0.25, 0.3) is 23.3 Å². The number of ether oxygens (including phenoxy) is 1. The summed E-state index contributed by atoms with van der Waals surface area (Å²) in [5.74, 6) is 0.674. The van der Waals surface area contributed by atoms with Crippen LogP contribution in [0.3, 0.4) is 0 Å². The van der Waals surface area contributed by atoms with E-state index in [9.17, 15) is 0 Å². The van der Waals surface area contributed by atoms with E-state index in [0.29, 0.717) is 11.8 Å². The Bertz CT molecular complexity index is 1290. The van der Waals surface area contributed by atoms with Gasteiger partial charge in [-0.15, -0.1) is 0 Å². The van der Waals surface area contributed by atoms with Gasteiger partial charge in [-0.1, -0.05) is 109 Å². The fourth-order valence-corrected chi connectivity index (χ4v) is 6.14. The van der Waals surface area contributed by atoms with Crippen LogP contribution in [0.15, 0.2) is 109 Å². The van der Waals surface area contributed by atoms with Gasteiger partial charge in [0.1, 0.15) is 0 Å². The maximum atomic E-state index is 7.01. The third kappa shape index (κ3) is 2.90. The van der Waals surface area contributed by atoms with Gasteiger partial charge >= 0.3 is 0 Å². The molecule has 1 heterocycles. The normalized spacial score (nSPS) is 26.8. The molecule has 0 aromatic heterocycles. The van der Waals surface area contributed by atoms with E-state index in [4.69, 9.17) is 4.74 Å². The average Bonchev–Trinajstić information content (AvgIpc) is 3.49. The third-order valence-electron chi connectivity index (χ3n) is 7.45. The number of fused-ring (bicyclic) bond motifs is 7. The highest BCUT2D eigenvalue weighted by Gasteiger charge is 2.56. The van der Waals surface area contributed by atoms with Gasteiger partial charge in [0.25, 0.3) is 0 Å². The van der Waals surface area contributed by atoms with Crippen LogP contribution in [-0.2, 0) is 4.74 Å². The largest absolute Gasteiger partial charge is 0.364 e. The van der Waals surface area contributed by atoms with Gasteiger partial charge in [0.05, 0.1) is 12.2 Å². The first-order chi connectivity index (χ1) is 16.4. The molecule has 158 valence electrons. The molecule has 0 saturated carbocycles. The predicted molar refractivity (Wildman–Crippen MR) is 136 cm³/mol. The molecule has 0 bridgehead atoms. The van der Waals surface area contributed by atoms with Crippen molar-refractivity contribution in [3.63, 3.8) is 0 Å². The number of hydrogen-bond acceptors (Lipinski definition) is 1. The first kappa shape index (κ1) is 18.8. The summed E-state index contributed by atoms with van der Waals surface area (Å²) in [5.41, 5.74) is 10.6. The highest BCUT2D eigenvalue weighted by atomic mass is 16.5. The standard InChI is InChI=1S/C32H24O/c1-3-11-21(12-4-1)19-27-23-15-7-9-17-25(23)29-30-26-18-10-8-16-24(26)28(32(30)33-31(27)29)20-22-13-5-2-6-14-22/h1-20,29-32H/b27-19-,28-20+/t29-,30-,31+,32+/m1/s1. The van der Waals surface area contributed by atoms with Crippen LogP contribution in [-0.4, -0.2) is 12.2 Å². The zero-order chi connectivity index (χ0) is 21.8. The minimum absolute atomic E-state index is 0.0742. The van der Waals surface area contributed by atoms with Gasteiger partial charge in [-0.05, 0) is 56.7 Å². The molecule has 1 heteroatoms. The smallest absolute Gasteiger partial charge is 0.0915 e. The molecule has 4 aromatic carbocycles. The second-order valence-corrected chi connectivity index (χ2v) is 9.22. The second kappa shape index (κ2) is 7.43. The van der Waals surface area contributed by atoms with Crippen LogP contribution < -0.4 is 0 Å². The molecule has 4 atom stereocenters. The minimum atomic E-state index is 0.0742. The van der Waals surface area contributed by atoms with E-state index in [1.54, 1.807) is 0 Å². The van der Waals surface area contributed by atoms with Crippen molar-refractivity contribution in [3.8, 4) is 0 Å². The monoisotopic (exact) mass is 424 g/mol. The van der Waals surface area contributed by atoms with E-state index >= 15 is 0 Å². The molecule has 2 aliphatic carbocycles. The number of benzene rings is 4. The molecule has 0 radical (unpaired) electrons. The summed E-state index contributed by atoms with van der Waals surface area (Å²) >= 11 is 0. The Kier molecular flexibility index (Phi) is 4.25. The van der Waals surface area contributed by atoms with Crippen molar-refractivity contribution < 1.29 is 4.74 Å². The van der Waals surface area contributed by atoms with Crippen molar-refractivity contribution in [3.05, 3.63) is 143 Å². The van der Waals surface area contributed by atoms with Crippen LogP contribution >= 0.6 is 0 Å². The van der Waals surface area contributed by atoms with Crippen LogP contribution in [0.5, 0.6) is 0 Å². The van der Waals surface area contributed by atoms with E-state index in [-0.39, 0.29) is 12.2 Å². The lowest BCUT2D eigenvalue weighted by Gasteiger charge is -2.17. The topological polar surface area (TPSA) is 9.23 Å². The van der Waals surface area contributed by atoms with Crippen LogP contribution in [0, 0.1) is 0 Å². The van der Waals surface area contributed by atoms with E-state index in [0.717, 1.165) is 0 Å². The number of hydrogen-bond donors (Lipinski definition) is 0. The first-order valence-corrected chi connectivity index (χ1v) is 11.8. The van der Waals surface area contributed by atoms with Gasteiger partial charge < -0.3 is 4.74 Å². The Morgan fingerprint density at radius 2 is 0.848 bits per heavy atom. The Labute approximate surface area is 194 Å². The van der Waals surface area contributed by atoms with E-state index in [2.05, 4.69) is 121 Å². The van der Waals surface area contributed by atoms with Crippen molar-refractivity contribution in [2.75, 3.05) is 0 Å². The molecule has 1 fully saturated rings. The van der Waals surface area contributed by atoms with Crippen LogP contribution in [0.1, 0.15) is 45.2 Å². The van der Waals surface area contributed by atoms with Crippen molar-refractivity contribution in [1.82, 2.24) is 0 Å². The van der Waals surface area contributed by atoms with E-state index in [1.807, 2.05) is 0 Å². The van der Waals surface area contributed by atoms with Crippen LogP contribution in [0.4, 0.5) is 0 Å². The lowest BCUT2D eigenvalue weighted by atomic mass is 9.83. The third-order valence-corrected chi connectivity index (χ3v) is 7.45. The zero-order valence-corrected chi connectivity index (χ0v) is 18.3. The summed E-state index contributed by atoms with van der Waals surface area (Å²) in [6, 6.07) is 39.1. The summed E-state index contributed by atoms with van der Waals surface area (Å²) in [7, 11) is 0. The quantitative estimate of drug-likeness (QED) is 0.325. The summed E-state index contributed by atoms with van der Waals surface area (Å²) in [5, 5.41) is 0. The minimum Gasteiger partial charge on any atom is -0.364 e. The fraction of sp³-hybridized carbons (Fsp3) is 0.125. The van der Waals surface area contributed by atoms with Gasteiger partial charge in [0, 0.05) is 11.8 Å². The summed E-state index contributed by atoms with van der Waals surface area (Å²) in [6.45, 7) is 0. The van der Waals surface area contributed by atoms with Crippen molar-refractivity contribution >= 4 is 23.3 Å². The maximum absolute atomic E-state index is 7.01. The molecule has 1 nitrogen and oxygen atoms in total. The zero-order valence-electron chi connectivity index (χ0n) is 18.3.